The SMILES string of the molecule is O=C(CCc1ccc(Cl)c(Cl)c1)Nc1cccc(C(=O)O)c1. The van der Waals surface area contributed by atoms with Gasteiger partial charge >= 0.3 is 5.97 Å². The first-order chi connectivity index (χ1) is 10.5. The van der Waals surface area contributed by atoms with Crippen molar-refractivity contribution in [3.63, 3.8) is 0 Å². The number of rotatable bonds is 5. The van der Waals surface area contributed by atoms with Gasteiger partial charge in [0.1, 0.15) is 0 Å². The molecule has 114 valence electrons. The molecule has 0 heterocycles. The highest BCUT2D eigenvalue weighted by molar-refractivity contribution is 6.42. The highest BCUT2D eigenvalue weighted by atomic mass is 35.5. The topological polar surface area (TPSA) is 66.4 Å². The van der Waals surface area contributed by atoms with Crippen LogP contribution in [0.15, 0.2) is 42.5 Å². The number of halogens is 2. The number of nitrogens with one attached hydrogen (secondary N) is 1. The van der Waals surface area contributed by atoms with E-state index in [0.29, 0.717) is 22.2 Å². The van der Waals surface area contributed by atoms with Crippen LogP contribution >= 0.6 is 23.2 Å². The molecule has 1 amide bonds. The van der Waals surface area contributed by atoms with Gasteiger partial charge in [0.15, 0.2) is 0 Å². The third-order valence-electron chi connectivity index (χ3n) is 3.02. The number of hydrogen-bond donors (Lipinski definition) is 2. The van der Waals surface area contributed by atoms with Crippen LogP contribution in [0.1, 0.15) is 22.3 Å². The first kappa shape index (κ1) is 16.3. The number of aromatic carboxylic acids is 1. The zero-order valence-electron chi connectivity index (χ0n) is 11.5. The molecule has 0 aliphatic heterocycles. The van der Waals surface area contributed by atoms with Crippen LogP contribution in [-0.4, -0.2) is 17.0 Å². The Morgan fingerprint density at radius 3 is 2.50 bits per heavy atom. The van der Waals surface area contributed by atoms with Crippen LogP contribution in [0.25, 0.3) is 0 Å². The Morgan fingerprint density at radius 2 is 1.82 bits per heavy atom. The average Bonchev–Trinajstić information content (AvgIpc) is 2.49. The van der Waals surface area contributed by atoms with Crippen molar-refractivity contribution in [1.29, 1.82) is 0 Å². The molecular formula is C16H13Cl2NO3. The molecule has 2 N–H and O–H groups in total. The van der Waals surface area contributed by atoms with Crippen molar-refractivity contribution >= 4 is 40.8 Å². The first-order valence-corrected chi connectivity index (χ1v) is 7.28. The van der Waals surface area contributed by atoms with E-state index in [1.165, 1.54) is 12.1 Å². The van der Waals surface area contributed by atoms with Crippen molar-refractivity contribution in [1.82, 2.24) is 0 Å². The molecule has 0 atom stereocenters. The number of carboxylic acid groups (broad SMARTS) is 1. The lowest BCUT2D eigenvalue weighted by Crippen LogP contribution is -2.12. The van der Waals surface area contributed by atoms with E-state index >= 15 is 0 Å². The Kier molecular flexibility index (Phi) is 5.41. The van der Waals surface area contributed by atoms with Gasteiger partial charge in [-0.1, -0.05) is 35.3 Å². The maximum absolute atomic E-state index is 11.9. The van der Waals surface area contributed by atoms with Crippen LogP contribution < -0.4 is 5.32 Å². The summed E-state index contributed by atoms with van der Waals surface area (Å²) in [5.41, 5.74) is 1.49. The fourth-order valence-electron chi connectivity index (χ4n) is 1.91. The molecule has 0 fully saturated rings. The minimum Gasteiger partial charge on any atom is -0.478 e. The van der Waals surface area contributed by atoms with Crippen molar-refractivity contribution in [2.24, 2.45) is 0 Å². The Bertz CT molecular complexity index is 716. The largest absolute Gasteiger partial charge is 0.478 e. The molecule has 4 nitrogen and oxygen atoms in total. The van der Waals surface area contributed by atoms with E-state index in [-0.39, 0.29) is 17.9 Å². The second kappa shape index (κ2) is 7.29. The number of hydrogen-bond acceptors (Lipinski definition) is 2. The van der Waals surface area contributed by atoms with E-state index < -0.39 is 5.97 Å². The minimum absolute atomic E-state index is 0.127. The Hall–Kier alpha value is -2.04. The minimum atomic E-state index is -1.04. The lowest BCUT2D eigenvalue weighted by Gasteiger charge is -2.07. The van der Waals surface area contributed by atoms with Gasteiger partial charge in [-0.2, -0.15) is 0 Å². The smallest absolute Gasteiger partial charge is 0.335 e. The Morgan fingerprint density at radius 1 is 1.05 bits per heavy atom. The van der Waals surface area contributed by atoms with Gasteiger partial charge in [0.2, 0.25) is 5.91 Å². The highest BCUT2D eigenvalue weighted by Crippen LogP contribution is 2.23. The lowest BCUT2D eigenvalue weighted by molar-refractivity contribution is -0.116. The summed E-state index contributed by atoms with van der Waals surface area (Å²) in [5.74, 6) is -1.24. The third kappa shape index (κ3) is 4.48. The lowest BCUT2D eigenvalue weighted by atomic mass is 10.1. The van der Waals surface area contributed by atoms with Gasteiger partial charge in [0.05, 0.1) is 15.6 Å². The Balaban J connectivity index is 1.94. The van der Waals surface area contributed by atoms with Crippen LogP contribution in [-0.2, 0) is 11.2 Å². The summed E-state index contributed by atoms with van der Waals surface area (Å²) in [4.78, 5) is 22.8. The summed E-state index contributed by atoms with van der Waals surface area (Å²) >= 11 is 11.7. The van der Waals surface area contributed by atoms with Crippen molar-refractivity contribution in [2.45, 2.75) is 12.8 Å². The number of carbonyl (C=O) groups is 2. The predicted octanol–water partition coefficient (Wildman–Crippen LogP) is 4.26. The molecular weight excluding hydrogens is 325 g/mol. The fraction of sp³-hybridized carbons (Fsp3) is 0.125. The molecule has 0 spiro atoms. The first-order valence-electron chi connectivity index (χ1n) is 6.53. The molecule has 0 bridgehead atoms. The van der Waals surface area contributed by atoms with Gasteiger partial charge < -0.3 is 10.4 Å². The van der Waals surface area contributed by atoms with Crippen LogP contribution in [0.3, 0.4) is 0 Å². The van der Waals surface area contributed by atoms with Crippen LogP contribution in [0.5, 0.6) is 0 Å². The standard InChI is InChI=1S/C16H13Cl2NO3/c17-13-6-4-10(8-14(13)18)5-7-15(20)19-12-3-1-2-11(9-12)16(21)22/h1-4,6,8-9H,5,7H2,(H,19,20)(H,21,22). The predicted molar refractivity (Wildman–Crippen MR) is 86.8 cm³/mol. The number of anilines is 1. The van der Waals surface area contributed by atoms with Crippen LogP contribution in [0, 0.1) is 0 Å². The van der Waals surface area contributed by atoms with Gasteiger partial charge in [0, 0.05) is 12.1 Å². The van der Waals surface area contributed by atoms with Gasteiger partial charge in [-0.15, -0.1) is 0 Å². The fourth-order valence-corrected chi connectivity index (χ4v) is 2.23. The van der Waals surface area contributed by atoms with E-state index in [9.17, 15) is 9.59 Å². The van der Waals surface area contributed by atoms with E-state index in [2.05, 4.69) is 5.32 Å². The molecule has 0 aliphatic carbocycles. The number of carboxylic acids is 1. The second-order valence-electron chi connectivity index (χ2n) is 4.68. The van der Waals surface area contributed by atoms with Crippen LogP contribution in [0.4, 0.5) is 5.69 Å². The molecule has 0 aromatic heterocycles. The molecule has 2 aromatic rings. The van der Waals surface area contributed by atoms with Crippen molar-refractivity contribution in [3.8, 4) is 0 Å². The zero-order chi connectivity index (χ0) is 16.1. The quantitative estimate of drug-likeness (QED) is 0.856. The van der Waals surface area contributed by atoms with E-state index in [1.54, 1.807) is 24.3 Å². The average molecular weight is 338 g/mol. The van der Waals surface area contributed by atoms with Gasteiger partial charge in [-0.25, -0.2) is 4.79 Å². The summed E-state index contributed by atoms with van der Waals surface area (Å²) in [7, 11) is 0. The van der Waals surface area contributed by atoms with Gasteiger partial charge in [0.25, 0.3) is 0 Å². The van der Waals surface area contributed by atoms with Crippen molar-refractivity contribution < 1.29 is 14.7 Å². The van der Waals surface area contributed by atoms with Gasteiger partial charge in [-0.05, 0) is 42.3 Å². The number of aryl methyl sites for hydroxylation is 1. The van der Waals surface area contributed by atoms with Crippen LogP contribution in [0.2, 0.25) is 10.0 Å². The molecule has 0 unspecified atom stereocenters. The van der Waals surface area contributed by atoms with E-state index in [4.69, 9.17) is 28.3 Å². The number of benzene rings is 2. The monoisotopic (exact) mass is 337 g/mol. The molecule has 6 heteroatoms. The molecule has 2 rings (SSSR count). The summed E-state index contributed by atoms with van der Waals surface area (Å²) in [5, 5.41) is 12.5. The zero-order valence-corrected chi connectivity index (χ0v) is 13.0. The van der Waals surface area contributed by atoms with E-state index in [0.717, 1.165) is 5.56 Å². The normalized spacial score (nSPS) is 10.3. The van der Waals surface area contributed by atoms with Crippen molar-refractivity contribution in [2.75, 3.05) is 5.32 Å². The molecule has 0 saturated heterocycles. The molecule has 0 saturated carbocycles. The molecule has 0 aliphatic rings. The number of amides is 1. The Labute approximate surface area is 137 Å². The molecule has 22 heavy (non-hydrogen) atoms. The maximum atomic E-state index is 11.9. The second-order valence-corrected chi connectivity index (χ2v) is 5.50. The highest BCUT2D eigenvalue weighted by Gasteiger charge is 2.07. The van der Waals surface area contributed by atoms with E-state index in [1.807, 2.05) is 6.07 Å². The molecule has 2 aromatic carbocycles. The molecule has 0 radical (unpaired) electrons. The van der Waals surface area contributed by atoms with Crippen molar-refractivity contribution in [3.05, 3.63) is 63.6 Å². The number of carbonyl (C=O) groups excluding carboxylic acids is 1. The third-order valence-corrected chi connectivity index (χ3v) is 3.76. The summed E-state index contributed by atoms with van der Waals surface area (Å²) < 4.78 is 0. The maximum Gasteiger partial charge on any atom is 0.335 e. The summed E-state index contributed by atoms with van der Waals surface area (Å²) in [6.45, 7) is 0. The van der Waals surface area contributed by atoms with Gasteiger partial charge in [-0.3, -0.25) is 4.79 Å². The summed E-state index contributed by atoms with van der Waals surface area (Å²) in [6.07, 6.45) is 0.774. The summed E-state index contributed by atoms with van der Waals surface area (Å²) in [6, 6.07) is 11.3.